The second-order valence-corrected chi connectivity index (χ2v) is 10.3. The van der Waals surface area contributed by atoms with Gasteiger partial charge in [0.25, 0.3) is 0 Å². The van der Waals surface area contributed by atoms with Gasteiger partial charge in [0.15, 0.2) is 0 Å². The lowest BCUT2D eigenvalue weighted by Gasteiger charge is -2.31. The first kappa shape index (κ1) is 21.8. The summed E-state index contributed by atoms with van der Waals surface area (Å²) in [6, 6.07) is 13.0. The maximum Gasteiger partial charge on any atom is 0.0970 e. The minimum Gasteiger partial charge on any atom is -0.299 e. The fourth-order valence-electron chi connectivity index (χ4n) is 3.29. The summed E-state index contributed by atoms with van der Waals surface area (Å²) in [6.07, 6.45) is 5.97. The number of nitrogens with zero attached hydrogens (tertiary/aromatic N) is 2. The van der Waals surface area contributed by atoms with E-state index in [4.69, 9.17) is 0 Å². The molecule has 2 rings (SSSR count). The van der Waals surface area contributed by atoms with Crippen LogP contribution >= 0.6 is 0 Å². The Labute approximate surface area is 167 Å². The fourth-order valence-corrected chi connectivity index (χ4v) is 4.05. The molecular weight excluding hydrogens is 354 g/mol. The van der Waals surface area contributed by atoms with Gasteiger partial charge in [0, 0.05) is 18.7 Å². The van der Waals surface area contributed by atoms with Crippen LogP contribution in [0.3, 0.4) is 0 Å². The topological polar surface area (TPSA) is 56.1 Å². The van der Waals surface area contributed by atoms with Gasteiger partial charge in [-0.3, -0.25) is 4.90 Å². The van der Waals surface area contributed by atoms with Crippen molar-refractivity contribution in [1.29, 1.82) is 5.26 Å². The molecule has 0 bridgehead atoms. The van der Waals surface area contributed by atoms with Gasteiger partial charge < -0.3 is 0 Å². The SMILES string of the molecule is CC(C)(C)S(=O)NCCCC=C(C#N)C1CCN(Cc2ccccc2)CC1. The summed E-state index contributed by atoms with van der Waals surface area (Å²) in [5, 5.41) is 9.53. The van der Waals surface area contributed by atoms with Crippen LogP contribution in [0.4, 0.5) is 0 Å². The Hall–Kier alpha value is -1.48. The van der Waals surface area contributed by atoms with Crippen molar-refractivity contribution in [3.05, 3.63) is 47.5 Å². The molecule has 5 heteroatoms. The molecule has 0 radical (unpaired) electrons. The molecule has 0 amide bonds. The minimum absolute atomic E-state index is 0.235. The Balaban J connectivity index is 1.72. The standard InChI is InChI=1S/C22H33N3OS/c1-22(2,3)27(26)24-14-8-7-11-21(17-23)20-12-15-25(16-13-20)18-19-9-5-4-6-10-19/h4-6,9-11,20,24H,7-8,12-16,18H2,1-3H3. The maximum absolute atomic E-state index is 12.0. The van der Waals surface area contributed by atoms with E-state index in [0.717, 1.165) is 50.9 Å². The predicted molar refractivity (Wildman–Crippen MR) is 113 cm³/mol. The highest BCUT2D eigenvalue weighted by Crippen LogP contribution is 2.25. The van der Waals surface area contributed by atoms with Crippen molar-refractivity contribution in [3.63, 3.8) is 0 Å². The predicted octanol–water partition coefficient (Wildman–Crippen LogP) is 4.18. The van der Waals surface area contributed by atoms with E-state index in [1.807, 2.05) is 20.8 Å². The Morgan fingerprint density at radius 1 is 1.30 bits per heavy atom. The van der Waals surface area contributed by atoms with Crippen molar-refractivity contribution in [1.82, 2.24) is 9.62 Å². The highest BCUT2D eigenvalue weighted by Gasteiger charge is 2.22. The van der Waals surface area contributed by atoms with Crippen molar-refractivity contribution in [2.75, 3.05) is 19.6 Å². The second kappa shape index (κ2) is 10.8. The van der Waals surface area contributed by atoms with E-state index in [1.54, 1.807) is 0 Å². The van der Waals surface area contributed by atoms with Gasteiger partial charge in [0.05, 0.1) is 21.8 Å². The molecule has 1 aromatic carbocycles. The van der Waals surface area contributed by atoms with Crippen molar-refractivity contribution in [2.24, 2.45) is 5.92 Å². The summed E-state index contributed by atoms with van der Waals surface area (Å²) in [5.41, 5.74) is 2.29. The van der Waals surface area contributed by atoms with E-state index in [2.05, 4.69) is 52.1 Å². The molecule has 148 valence electrons. The first-order valence-electron chi connectivity index (χ1n) is 9.92. The molecule has 1 aliphatic rings. The van der Waals surface area contributed by atoms with Gasteiger partial charge >= 0.3 is 0 Å². The average Bonchev–Trinajstić information content (AvgIpc) is 2.65. The van der Waals surface area contributed by atoms with Crippen LogP contribution in [0.2, 0.25) is 0 Å². The molecular formula is C22H33N3OS. The lowest BCUT2D eigenvalue weighted by atomic mass is 9.89. The van der Waals surface area contributed by atoms with Gasteiger partial charge in [-0.15, -0.1) is 0 Å². The Bertz CT molecular complexity index is 665. The van der Waals surface area contributed by atoms with Crippen LogP contribution < -0.4 is 4.72 Å². The van der Waals surface area contributed by atoms with Crippen molar-refractivity contribution in [2.45, 2.75) is 57.7 Å². The van der Waals surface area contributed by atoms with E-state index in [1.165, 1.54) is 5.56 Å². The molecule has 1 fully saturated rings. The smallest absolute Gasteiger partial charge is 0.0970 e. The molecule has 4 nitrogen and oxygen atoms in total. The molecule has 0 saturated carbocycles. The minimum atomic E-state index is -1.02. The fraction of sp³-hybridized carbons (Fsp3) is 0.591. The summed E-state index contributed by atoms with van der Waals surface area (Å²) in [4.78, 5) is 2.48. The van der Waals surface area contributed by atoms with Crippen LogP contribution in [0.1, 0.15) is 52.0 Å². The number of nitrogens with one attached hydrogen (secondary N) is 1. The van der Waals surface area contributed by atoms with Gasteiger partial charge in [-0.2, -0.15) is 5.26 Å². The van der Waals surface area contributed by atoms with E-state index < -0.39 is 11.0 Å². The van der Waals surface area contributed by atoms with Gasteiger partial charge in [-0.05, 0) is 71.0 Å². The summed E-state index contributed by atoms with van der Waals surface area (Å²) in [5.74, 6) is 0.388. The van der Waals surface area contributed by atoms with Gasteiger partial charge in [-0.25, -0.2) is 8.93 Å². The van der Waals surface area contributed by atoms with Crippen LogP contribution in [0.25, 0.3) is 0 Å². The third-order valence-electron chi connectivity index (χ3n) is 4.94. The molecule has 1 aliphatic heterocycles. The Kier molecular flexibility index (Phi) is 8.69. The number of hydrogen-bond donors (Lipinski definition) is 1. The lowest BCUT2D eigenvalue weighted by molar-refractivity contribution is 0.193. The monoisotopic (exact) mass is 387 g/mol. The molecule has 27 heavy (non-hydrogen) atoms. The number of benzene rings is 1. The first-order chi connectivity index (χ1) is 12.9. The number of hydrogen-bond acceptors (Lipinski definition) is 3. The zero-order valence-corrected chi connectivity index (χ0v) is 17.7. The maximum atomic E-state index is 12.0. The van der Waals surface area contributed by atoms with E-state index in [0.29, 0.717) is 12.5 Å². The highest BCUT2D eigenvalue weighted by molar-refractivity contribution is 7.84. The summed E-state index contributed by atoms with van der Waals surface area (Å²) < 4.78 is 14.8. The molecule has 1 aromatic rings. The van der Waals surface area contributed by atoms with Gasteiger partial charge in [0.2, 0.25) is 0 Å². The molecule has 0 spiro atoms. The van der Waals surface area contributed by atoms with E-state index in [9.17, 15) is 9.47 Å². The molecule has 0 aromatic heterocycles. The van der Waals surface area contributed by atoms with Crippen LogP contribution in [0.15, 0.2) is 42.0 Å². The van der Waals surface area contributed by atoms with Crippen LogP contribution in [0, 0.1) is 17.2 Å². The molecule has 1 unspecified atom stereocenters. The molecule has 1 N–H and O–H groups in total. The highest BCUT2D eigenvalue weighted by atomic mass is 32.2. The van der Waals surface area contributed by atoms with Gasteiger partial charge in [0.1, 0.15) is 0 Å². The third-order valence-corrected chi connectivity index (χ3v) is 6.52. The number of allylic oxidation sites excluding steroid dienone is 2. The summed E-state index contributed by atoms with van der Waals surface area (Å²) in [6.45, 7) is 9.70. The number of rotatable bonds is 8. The molecule has 1 saturated heterocycles. The third kappa shape index (κ3) is 7.57. The average molecular weight is 388 g/mol. The number of unbranched alkanes of at least 4 members (excludes halogenated alkanes) is 1. The first-order valence-corrected chi connectivity index (χ1v) is 11.1. The van der Waals surface area contributed by atoms with E-state index >= 15 is 0 Å². The van der Waals surface area contributed by atoms with Crippen molar-refractivity contribution < 1.29 is 4.21 Å². The molecule has 1 heterocycles. The Morgan fingerprint density at radius 3 is 2.56 bits per heavy atom. The quantitative estimate of drug-likeness (QED) is 0.538. The zero-order chi connectivity index (χ0) is 19.7. The summed E-state index contributed by atoms with van der Waals surface area (Å²) in [7, 11) is -1.02. The van der Waals surface area contributed by atoms with Crippen molar-refractivity contribution in [3.8, 4) is 6.07 Å². The van der Waals surface area contributed by atoms with E-state index in [-0.39, 0.29) is 4.75 Å². The van der Waals surface area contributed by atoms with Gasteiger partial charge in [-0.1, -0.05) is 36.4 Å². The number of likely N-dealkylation sites (tertiary alicyclic amines) is 1. The number of piperidine rings is 1. The van der Waals surface area contributed by atoms with Crippen LogP contribution in [-0.2, 0) is 17.5 Å². The Morgan fingerprint density at radius 2 is 1.96 bits per heavy atom. The van der Waals surface area contributed by atoms with Crippen molar-refractivity contribution >= 4 is 11.0 Å². The molecule has 0 aliphatic carbocycles. The van der Waals surface area contributed by atoms with Crippen LogP contribution in [-0.4, -0.2) is 33.5 Å². The van der Waals surface area contributed by atoms with Crippen LogP contribution in [0.5, 0.6) is 0 Å². The summed E-state index contributed by atoms with van der Waals surface area (Å²) >= 11 is 0. The largest absolute Gasteiger partial charge is 0.299 e. The second-order valence-electron chi connectivity index (χ2n) is 8.22. The molecule has 1 atom stereocenters. The lowest BCUT2D eigenvalue weighted by Crippen LogP contribution is -2.34. The normalized spacial score (nSPS) is 18.2. The number of nitriles is 1. The zero-order valence-electron chi connectivity index (χ0n) is 16.9.